The molecular formula is C28H26ClN7O. The molecule has 0 unspecified atom stereocenters. The van der Waals surface area contributed by atoms with Crippen LogP contribution >= 0.6 is 11.6 Å². The number of amides is 1. The number of piperazine rings is 1. The third-order valence-electron chi connectivity index (χ3n) is 7.03. The van der Waals surface area contributed by atoms with Crippen LogP contribution in [0.5, 0.6) is 0 Å². The van der Waals surface area contributed by atoms with E-state index in [4.69, 9.17) is 11.6 Å². The number of rotatable bonds is 4. The number of carbonyl (C=O) groups excluding carboxylic acids is 1. The lowest BCUT2D eigenvalue weighted by molar-refractivity contribution is 0.0733. The molecule has 4 heterocycles. The van der Waals surface area contributed by atoms with Crippen molar-refractivity contribution in [3.63, 3.8) is 0 Å². The van der Waals surface area contributed by atoms with E-state index in [9.17, 15) is 4.79 Å². The smallest absolute Gasteiger partial charge is 0.254 e. The minimum atomic E-state index is 0.0329. The zero-order valence-corrected chi connectivity index (χ0v) is 21.1. The van der Waals surface area contributed by atoms with Crippen LogP contribution in [-0.2, 0) is 13.0 Å². The summed E-state index contributed by atoms with van der Waals surface area (Å²) in [7, 11) is 0. The maximum Gasteiger partial charge on any atom is 0.254 e. The van der Waals surface area contributed by atoms with Crippen molar-refractivity contribution in [2.75, 3.05) is 42.5 Å². The van der Waals surface area contributed by atoms with Crippen molar-refractivity contribution >= 4 is 29.1 Å². The van der Waals surface area contributed by atoms with Gasteiger partial charge in [-0.2, -0.15) is 0 Å². The van der Waals surface area contributed by atoms with Crippen LogP contribution in [0.3, 0.4) is 0 Å². The lowest BCUT2D eigenvalue weighted by atomic mass is 10.0. The number of hydrogen-bond donors (Lipinski definition) is 0. The van der Waals surface area contributed by atoms with Crippen LogP contribution in [0, 0.1) is 0 Å². The van der Waals surface area contributed by atoms with Gasteiger partial charge in [0.25, 0.3) is 5.91 Å². The second kappa shape index (κ2) is 10.1. The summed E-state index contributed by atoms with van der Waals surface area (Å²) in [6, 6.07) is 19.8. The van der Waals surface area contributed by atoms with Gasteiger partial charge >= 0.3 is 0 Å². The van der Waals surface area contributed by atoms with Gasteiger partial charge in [0.15, 0.2) is 0 Å². The molecule has 0 aliphatic carbocycles. The van der Waals surface area contributed by atoms with Gasteiger partial charge in [-0.25, -0.2) is 19.9 Å². The standard InChI is InChI=1S/C28H26ClN7O/c29-25-16-26(32-19-31-25)34-12-14-35(15-13-34)27-23-17-36(11-10-24(23)30-18-33-27)28(37)22-8-6-21(7-9-22)20-4-2-1-3-5-20/h1-9,16,18-19H,10-15,17H2. The Kier molecular flexibility index (Phi) is 6.40. The minimum Gasteiger partial charge on any atom is -0.353 e. The molecule has 2 aliphatic heterocycles. The Morgan fingerprint density at radius 3 is 2.22 bits per heavy atom. The second-order valence-corrected chi connectivity index (χ2v) is 9.60. The molecule has 0 bridgehead atoms. The Bertz CT molecular complexity index is 1410. The van der Waals surface area contributed by atoms with Gasteiger partial charge in [-0.15, -0.1) is 0 Å². The predicted octanol–water partition coefficient (Wildman–Crippen LogP) is 4.11. The summed E-state index contributed by atoms with van der Waals surface area (Å²) >= 11 is 6.05. The number of aromatic nitrogens is 4. The van der Waals surface area contributed by atoms with Crippen molar-refractivity contribution in [1.29, 1.82) is 0 Å². The first kappa shape index (κ1) is 23.4. The molecule has 0 atom stereocenters. The fourth-order valence-electron chi connectivity index (χ4n) is 5.04. The number of nitrogens with zero attached hydrogens (tertiary/aromatic N) is 7. The fourth-order valence-corrected chi connectivity index (χ4v) is 5.18. The Morgan fingerprint density at radius 1 is 0.757 bits per heavy atom. The zero-order chi connectivity index (χ0) is 25.2. The normalized spacial score (nSPS) is 15.4. The molecule has 9 heteroatoms. The van der Waals surface area contributed by atoms with Gasteiger partial charge in [0.1, 0.15) is 29.4 Å². The largest absolute Gasteiger partial charge is 0.353 e. The molecule has 0 saturated carbocycles. The second-order valence-electron chi connectivity index (χ2n) is 9.22. The minimum absolute atomic E-state index is 0.0329. The summed E-state index contributed by atoms with van der Waals surface area (Å²) in [5.41, 5.74) is 5.00. The van der Waals surface area contributed by atoms with Crippen molar-refractivity contribution in [3.8, 4) is 11.1 Å². The maximum atomic E-state index is 13.4. The van der Waals surface area contributed by atoms with Crippen LogP contribution in [0.2, 0.25) is 5.15 Å². The van der Waals surface area contributed by atoms with Crippen molar-refractivity contribution in [3.05, 3.63) is 95.3 Å². The molecule has 4 aromatic rings. The van der Waals surface area contributed by atoms with Crippen molar-refractivity contribution < 1.29 is 4.79 Å². The lowest BCUT2D eigenvalue weighted by Gasteiger charge is -2.38. The van der Waals surface area contributed by atoms with E-state index in [-0.39, 0.29) is 5.91 Å². The summed E-state index contributed by atoms with van der Waals surface area (Å²) in [6.45, 7) is 4.32. The van der Waals surface area contributed by atoms with Crippen LogP contribution in [0.25, 0.3) is 11.1 Å². The Hall–Kier alpha value is -4.04. The molecule has 37 heavy (non-hydrogen) atoms. The van der Waals surface area contributed by atoms with E-state index in [0.29, 0.717) is 23.8 Å². The summed E-state index contributed by atoms with van der Waals surface area (Å²) in [5, 5.41) is 0.441. The molecule has 1 amide bonds. The van der Waals surface area contributed by atoms with Gasteiger partial charge in [-0.1, -0.05) is 54.1 Å². The van der Waals surface area contributed by atoms with Gasteiger partial charge < -0.3 is 14.7 Å². The van der Waals surface area contributed by atoms with Gasteiger partial charge in [0.05, 0.1) is 12.2 Å². The summed E-state index contributed by atoms with van der Waals surface area (Å²) in [6.07, 6.45) is 3.86. The molecule has 8 nitrogen and oxygen atoms in total. The summed E-state index contributed by atoms with van der Waals surface area (Å²) < 4.78 is 0. The van der Waals surface area contributed by atoms with Gasteiger partial charge in [-0.05, 0) is 23.3 Å². The number of fused-ring (bicyclic) bond motifs is 1. The molecule has 1 fully saturated rings. The number of benzene rings is 2. The Labute approximate surface area is 220 Å². The van der Waals surface area contributed by atoms with Gasteiger partial charge in [0.2, 0.25) is 0 Å². The first-order valence-electron chi connectivity index (χ1n) is 12.4. The highest BCUT2D eigenvalue weighted by Crippen LogP contribution is 2.29. The first-order chi connectivity index (χ1) is 18.2. The summed E-state index contributed by atoms with van der Waals surface area (Å²) in [5.74, 6) is 1.78. The quantitative estimate of drug-likeness (QED) is 0.381. The molecule has 2 aromatic heterocycles. The third-order valence-corrected chi connectivity index (χ3v) is 7.23. The maximum absolute atomic E-state index is 13.4. The molecule has 0 N–H and O–H groups in total. The van der Waals surface area contributed by atoms with Gasteiger partial charge in [-0.3, -0.25) is 4.79 Å². The van der Waals surface area contributed by atoms with Crippen LogP contribution in [0.4, 0.5) is 11.6 Å². The van der Waals surface area contributed by atoms with E-state index in [1.165, 1.54) is 6.33 Å². The summed E-state index contributed by atoms with van der Waals surface area (Å²) in [4.78, 5) is 37.3. The monoisotopic (exact) mass is 511 g/mol. The van der Waals surface area contributed by atoms with E-state index in [1.54, 1.807) is 12.4 Å². The number of carbonyl (C=O) groups is 1. The first-order valence-corrected chi connectivity index (χ1v) is 12.8. The van der Waals surface area contributed by atoms with Crippen molar-refractivity contribution in [2.45, 2.75) is 13.0 Å². The molecule has 2 aromatic carbocycles. The molecule has 2 aliphatic rings. The van der Waals surface area contributed by atoms with Crippen LogP contribution in [0.1, 0.15) is 21.6 Å². The molecule has 0 radical (unpaired) electrons. The topological polar surface area (TPSA) is 78.4 Å². The van der Waals surface area contributed by atoms with E-state index < -0.39 is 0 Å². The fraction of sp³-hybridized carbons (Fsp3) is 0.250. The highest BCUT2D eigenvalue weighted by Gasteiger charge is 2.28. The average molecular weight is 512 g/mol. The Morgan fingerprint density at radius 2 is 1.46 bits per heavy atom. The van der Waals surface area contributed by atoms with E-state index in [1.807, 2.05) is 47.4 Å². The van der Waals surface area contributed by atoms with Crippen LogP contribution in [0.15, 0.2) is 73.3 Å². The zero-order valence-electron chi connectivity index (χ0n) is 20.3. The predicted molar refractivity (Wildman–Crippen MR) is 144 cm³/mol. The van der Waals surface area contributed by atoms with E-state index >= 15 is 0 Å². The highest BCUT2D eigenvalue weighted by molar-refractivity contribution is 6.29. The molecular weight excluding hydrogens is 486 g/mol. The molecule has 186 valence electrons. The van der Waals surface area contributed by atoms with Crippen molar-refractivity contribution in [2.24, 2.45) is 0 Å². The number of halogens is 1. The van der Waals surface area contributed by atoms with Crippen LogP contribution in [-0.4, -0.2) is 63.5 Å². The van der Waals surface area contributed by atoms with Crippen molar-refractivity contribution in [1.82, 2.24) is 24.8 Å². The average Bonchev–Trinajstić information content (AvgIpc) is 2.97. The molecule has 0 spiro atoms. The Balaban J connectivity index is 1.16. The van der Waals surface area contributed by atoms with E-state index in [2.05, 4.69) is 41.9 Å². The highest BCUT2D eigenvalue weighted by atomic mass is 35.5. The number of anilines is 2. The lowest BCUT2D eigenvalue weighted by Crippen LogP contribution is -2.48. The number of hydrogen-bond acceptors (Lipinski definition) is 7. The third kappa shape index (κ3) is 4.84. The SMILES string of the molecule is O=C(c1ccc(-c2ccccc2)cc1)N1CCc2ncnc(N3CCN(c4cc(Cl)ncn4)CC3)c2C1. The van der Waals surface area contributed by atoms with Crippen LogP contribution < -0.4 is 9.80 Å². The molecule has 1 saturated heterocycles. The molecule has 6 rings (SSSR count). The van der Waals surface area contributed by atoms with Gasteiger partial charge in [0, 0.05) is 56.3 Å². The van der Waals surface area contributed by atoms with E-state index in [0.717, 1.165) is 66.6 Å².